The lowest BCUT2D eigenvalue weighted by Crippen LogP contribution is -2.59. The number of urea groups is 1. The normalized spacial score (nSPS) is 24.7. The van der Waals surface area contributed by atoms with Gasteiger partial charge in [0.05, 0.1) is 27.6 Å². The molecular formula is C29H30N6O5. The fourth-order valence-corrected chi connectivity index (χ4v) is 7.33. The fourth-order valence-electron chi connectivity index (χ4n) is 7.33. The number of amides is 3. The molecule has 0 aliphatic carbocycles. The van der Waals surface area contributed by atoms with E-state index in [2.05, 4.69) is 81.0 Å². The molecule has 6 N–H and O–H groups in total. The molecule has 40 heavy (non-hydrogen) atoms. The Bertz CT molecular complexity index is 1880. The Morgan fingerprint density at radius 3 is 2.42 bits per heavy atom. The van der Waals surface area contributed by atoms with Crippen LogP contribution < -0.4 is 21.8 Å². The highest BCUT2D eigenvalue weighted by Crippen LogP contribution is 2.53. The highest BCUT2D eigenvalue weighted by molar-refractivity contribution is 6.31. The number of nitrogens with two attached hydrogens (primary N) is 1. The summed E-state index contributed by atoms with van der Waals surface area (Å²) in [5.41, 5.74) is 11.0. The van der Waals surface area contributed by atoms with Crippen molar-refractivity contribution >= 4 is 55.5 Å². The van der Waals surface area contributed by atoms with Crippen molar-refractivity contribution in [2.45, 2.75) is 44.0 Å². The molecule has 3 aliphatic rings. The Balaban J connectivity index is 0.000000490. The van der Waals surface area contributed by atoms with Crippen LogP contribution in [0.5, 0.6) is 0 Å². The third-order valence-electron chi connectivity index (χ3n) is 8.71. The molecule has 11 heteroatoms. The molecule has 0 radical (unpaired) electrons. The molecule has 2 aromatic heterocycles. The number of fused-ring (bicyclic) bond motifs is 13. The van der Waals surface area contributed by atoms with Crippen LogP contribution in [0.1, 0.15) is 35.5 Å². The number of carbonyl (C=O) groups excluding carboxylic acids is 2. The van der Waals surface area contributed by atoms with Crippen molar-refractivity contribution in [3.8, 4) is 0 Å². The van der Waals surface area contributed by atoms with Gasteiger partial charge in [0.25, 0.3) is 5.91 Å². The van der Waals surface area contributed by atoms with E-state index < -0.39 is 11.8 Å². The molecule has 206 valence electrons. The molecule has 1 fully saturated rings. The van der Waals surface area contributed by atoms with Gasteiger partial charge in [-0.2, -0.15) is 0 Å². The average molecular weight is 543 g/mol. The third-order valence-corrected chi connectivity index (χ3v) is 8.71. The lowest BCUT2D eigenvalue weighted by atomic mass is 9.93. The first-order valence-electron chi connectivity index (χ1n) is 13.2. The van der Waals surface area contributed by atoms with Gasteiger partial charge in [-0.15, -0.1) is 0 Å². The summed E-state index contributed by atoms with van der Waals surface area (Å²) in [4.78, 5) is 22.6. The van der Waals surface area contributed by atoms with Crippen LogP contribution in [0.4, 0.5) is 4.79 Å². The van der Waals surface area contributed by atoms with E-state index in [0.29, 0.717) is 6.54 Å². The summed E-state index contributed by atoms with van der Waals surface area (Å²) in [5, 5.41) is 18.5. The van der Waals surface area contributed by atoms with Crippen LogP contribution >= 0.6 is 0 Å². The summed E-state index contributed by atoms with van der Waals surface area (Å²) < 4.78 is 18.0. The van der Waals surface area contributed by atoms with Crippen molar-refractivity contribution in [1.29, 1.82) is 0 Å². The minimum atomic E-state index is -0.940. The van der Waals surface area contributed by atoms with Gasteiger partial charge in [-0.05, 0) is 31.7 Å². The van der Waals surface area contributed by atoms with Crippen LogP contribution in [0, 0.1) is 0 Å². The van der Waals surface area contributed by atoms with Gasteiger partial charge in [0, 0.05) is 47.7 Å². The Labute approximate surface area is 228 Å². The zero-order valence-corrected chi connectivity index (χ0v) is 22.3. The van der Waals surface area contributed by atoms with Crippen molar-refractivity contribution in [3.05, 3.63) is 59.7 Å². The number of carbonyl (C=O) groups is 2. The molecule has 5 heterocycles. The molecule has 8 rings (SSSR count). The minimum Gasteiger partial charge on any atom is -0.375 e. The van der Waals surface area contributed by atoms with Crippen LogP contribution in [0.15, 0.2) is 48.5 Å². The molecule has 3 aromatic carbocycles. The second-order valence-electron chi connectivity index (χ2n) is 10.6. The lowest BCUT2D eigenvalue weighted by molar-refractivity contribution is -0.256. The minimum absolute atomic E-state index is 0.00357. The summed E-state index contributed by atoms with van der Waals surface area (Å²) >= 11 is 0. The van der Waals surface area contributed by atoms with Crippen molar-refractivity contribution in [1.82, 2.24) is 25.2 Å². The van der Waals surface area contributed by atoms with Crippen LogP contribution in [0.2, 0.25) is 0 Å². The fraction of sp³-hybridized carbons (Fsp3) is 0.310. The summed E-state index contributed by atoms with van der Waals surface area (Å²) in [6, 6.07) is 16.0. The lowest BCUT2D eigenvalue weighted by Gasteiger charge is -2.48. The number of benzene rings is 3. The molecule has 3 aliphatic heterocycles. The number of methoxy groups -OCH3 is 1. The number of para-hydroxylation sites is 2. The van der Waals surface area contributed by atoms with E-state index in [9.17, 15) is 9.59 Å². The average Bonchev–Trinajstić information content (AvgIpc) is 3.60. The number of hydroxylamine groups is 1. The Morgan fingerprint density at radius 2 is 1.77 bits per heavy atom. The topological polar surface area (TPSA) is 145 Å². The maximum Gasteiger partial charge on any atom is 0.335 e. The zero-order chi connectivity index (χ0) is 27.9. The first kappa shape index (κ1) is 24.9. The predicted octanol–water partition coefficient (Wildman–Crippen LogP) is 3.40. The maximum absolute atomic E-state index is 13.3. The van der Waals surface area contributed by atoms with Gasteiger partial charge >= 0.3 is 6.03 Å². The van der Waals surface area contributed by atoms with Crippen molar-refractivity contribution in [2.24, 2.45) is 5.73 Å². The molecule has 2 bridgehead atoms. The molecule has 5 aromatic rings. The van der Waals surface area contributed by atoms with Crippen LogP contribution in [-0.4, -0.2) is 52.6 Å². The van der Waals surface area contributed by atoms with E-state index in [0.717, 1.165) is 61.2 Å². The van der Waals surface area contributed by atoms with E-state index in [-0.39, 0.29) is 24.3 Å². The van der Waals surface area contributed by atoms with Crippen molar-refractivity contribution in [3.63, 3.8) is 0 Å². The number of nitrogens with zero attached hydrogens (tertiary/aromatic N) is 2. The summed E-state index contributed by atoms with van der Waals surface area (Å²) in [6.07, 6.45) is 0.337. The molecule has 3 amide bonds. The number of ether oxygens (including phenoxy) is 2. The number of hydrogen-bond acceptors (Lipinski definition) is 6. The Hall–Kier alpha value is -4.16. The number of hydrogen-bond donors (Lipinski definition) is 5. The number of nitrogens with one attached hydrogen (secondary N) is 3. The summed E-state index contributed by atoms with van der Waals surface area (Å²) in [7, 11) is 3.77. The van der Waals surface area contributed by atoms with Gasteiger partial charge in [0.15, 0.2) is 5.72 Å². The number of aromatic nitrogens is 2. The van der Waals surface area contributed by atoms with Gasteiger partial charge < -0.3 is 35.0 Å². The summed E-state index contributed by atoms with van der Waals surface area (Å²) in [6.45, 7) is 2.68. The van der Waals surface area contributed by atoms with E-state index >= 15 is 0 Å². The highest BCUT2D eigenvalue weighted by Gasteiger charge is 2.53. The summed E-state index contributed by atoms with van der Waals surface area (Å²) in [5.74, 6) is 0.00357. The number of primary amides is 1. The van der Waals surface area contributed by atoms with Crippen LogP contribution in [0.3, 0.4) is 0 Å². The third kappa shape index (κ3) is 3.02. The maximum atomic E-state index is 13.3. The largest absolute Gasteiger partial charge is 0.375 e. The number of rotatable bonds is 2. The van der Waals surface area contributed by atoms with Crippen molar-refractivity contribution in [2.75, 3.05) is 14.2 Å². The van der Waals surface area contributed by atoms with Gasteiger partial charge in [0.2, 0.25) is 0 Å². The molecule has 0 spiro atoms. The second kappa shape index (κ2) is 8.67. The van der Waals surface area contributed by atoms with Crippen LogP contribution in [-0.2, 0) is 21.7 Å². The van der Waals surface area contributed by atoms with Gasteiger partial charge in [-0.3, -0.25) is 10.0 Å². The van der Waals surface area contributed by atoms with Crippen LogP contribution in [0.25, 0.3) is 43.6 Å². The van der Waals surface area contributed by atoms with E-state index in [1.165, 1.54) is 5.48 Å². The predicted molar refractivity (Wildman–Crippen MR) is 150 cm³/mol. The quantitative estimate of drug-likeness (QED) is 0.171. The molecule has 0 unspecified atom stereocenters. The van der Waals surface area contributed by atoms with Gasteiger partial charge in [-0.25, -0.2) is 10.3 Å². The molecule has 0 saturated carbocycles. The second-order valence-corrected chi connectivity index (χ2v) is 10.6. The molecule has 11 nitrogen and oxygen atoms in total. The zero-order valence-electron chi connectivity index (χ0n) is 22.3. The molecular weight excluding hydrogens is 512 g/mol. The van der Waals surface area contributed by atoms with Gasteiger partial charge in [0.1, 0.15) is 12.3 Å². The van der Waals surface area contributed by atoms with E-state index in [1.807, 2.05) is 7.05 Å². The Morgan fingerprint density at radius 1 is 1.12 bits per heavy atom. The van der Waals surface area contributed by atoms with E-state index in [4.69, 9.17) is 14.7 Å². The standard InChI is InChI=1S/C28H26N4O3.CH4N2O2/c1-28-26(34-3)17(29-2)12-20(35-28)31-18-10-6-4-8-14(18)22-23-16(13-30-27(23)33)21-15-9-5-7-11-19(15)32(28)25(21)24(22)31;2-1(4)3-5/h4-11,17,20,26,29H,12-13H2,1-3H3,(H,30,33);5H,(H3,2,3,4)/t17-,20-,26-,28+;/m1./s1. The Kier molecular flexibility index (Phi) is 5.39. The first-order valence-corrected chi connectivity index (χ1v) is 13.2. The highest BCUT2D eigenvalue weighted by atomic mass is 16.6. The first-order chi connectivity index (χ1) is 19.3. The molecule has 1 saturated heterocycles. The molecule has 4 atom stereocenters. The van der Waals surface area contributed by atoms with Gasteiger partial charge in [-0.1, -0.05) is 36.4 Å². The monoisotopic (exact) mass is 542 g/mol. The van der Waals surface area contributed by atoms with E-state index in [1.54, 1.807) is 7.11 Å². The van der Waals surface area contributed by atoms with Crippen molar-refractivity contribution < 1.29 is 24.3 Å². The SMILES string of the molecule is CN[C@@H]1C[C@H]2O[C@@](C)([C@@H]1OC)n1c3ccccc3c3c4c(c5c6ccccc6n2c5c31)C(=O)NC4.NC(=O)NO. The smallest absolute Gasteiger partial charge is 0.335 e. The number of likely N-dealkylation sites (N-methyl/N-ethyl adjacent to an activating group) is 1.